The number of amides is 1. The molecule has 0 saturated heterocycles. The van der Waals surface area contributed by atoms with Crippen molar-refractivity contribution in [2.45, 2.75) is 39.2 Å². The predicted octanol–water partition coefficient (Wildman–Crippen LogP) is 1.45. The molecule has 1 aromatic heterocycles. The molecule has 1 amide bonds. The van der Waals surface area contributed by atoms with E-state index in [0.29, 0.717) is 6.42 Å². The fourth-order valence-electron chi connectivity index (χ4n) is 1.82. The van der Waals surface area contributed by atoms with Crippen molar-refractivity contribution in [2.75, 3.05) is 6.54 Å². The Labute approximate surface area is 112 Å². The molecule has 0 aliphatic heterocycles. The fourth-order valence-corrected chi connectivity index (χ4v) is 1.82. The quantitative estimate of drug-likeness (QED) is 0.746. The Kier molecular flexibility index (Phi) is 6.05. The van der Waals surface area contributed by atoms with E-state index in [4.69, 9.17) is 5.11 Å². The second-order valence-electron chi connectivity index (χ2n) is 4.70. The number of carbonyl (C=O) groups excluding carboxylic acids is 1. The van der Waals surface area contributed by atoms with Crippen LogP contribution in [0.3, 0.4) is 0 Å². The van der Waals surface area contributed by atoms with E-state index in [1.807, 2.05) is 10.8 Å². The van der Waals surface area contributed by atoms with Crippen molar-refractivity contribution >= 4 is 11.9 Å². The normalized spacial score (nSPS) is 13.8. The van der Waals surface area contributed by atoms with Gasteiger partial charge in [-0.15, -0.1) is 0 Å². The SMILES string of the molecule is CCCC(CC(=O)NCC(C)C(=O)O)n1ccnc1. The molecule has 0 aliphatic rings. The van der Waals surface area contributed by atoms with Crippen molar-refractivity contribution in [1.29, 1.82) is 0 Å². The predicted molar refractivity (Wildman–Crippen MR) is 70.6 cm³/mol. The summed E-state index contributed by atoms with van der Waals surface area (Å²) < 4.78 is 1.92. The van der Waals surface area contributed by atoms with E-state index in [2.05, 4.69) is 17.2 Å². The molecule has 0 spiro atoms. The van der Waals surface area contributed by atoms with Gasteiger partial charge in [0.05, 0.1) is 12.2 Å². The van der Waals surface area contributed by atoms with Crippen molar-refractivity contribution in [2.24, 2.45) is 5.92 Å². The summed E-state index contributed by atoms with van der Waals surface area (Å²) in [5.41, 5.74) is 0. The van der Waals surface area contributed by atoms with E-state index in [9.17, 15) is 9.59 Å². The minimum atomic E-state index is -0.903. The Hall–Kier alpha value is -1.85. The van der Waals surface area contributed by atoms with E-state index in [0.717, 1.165) is 12.8 Å². The largest absolute Gasteiger partial charge is 0.481 e. The molecule has 1 aromatic rings. The number of nitrogens with zero attached hydrogens (tertiary/aromatic N) is 2. The number of aliphatic carboxylic acids is 1. The zero-order valence-corrected chi connectivity index (χ0v) is 11.4. The molecule has 0 fully saturated rings. The van der Waals surface area contributed by atoms with Crippen molar-refractivity contribution < 1.29 is 14.7 Å². The molecule has 6 nitrogen and oxygen atoms in total. The van der Waals surface area contributed by atoms with Gasteiger partial charge in [0, 0.05) is 31.4 Å². The molecule has 1 heterocycles. The van der Waals surface area contributed by atoms with Crippen LogP contribution >= 0.6 is 0 Å². The Morgan fingerprint density at radius 1 is 1.47 bits per heavy atom. The molecule has 6 heteroatoms. The van der Waals surface area contributed by atoms with Gasteiger partial charge in [-0.3, -0.25) is 9.59 Å². The summed E-state index contributed by atoms with van der Waals surface area (Å²) >= 11 is 0. The van der Waals surface area contributed by atoms with Crippen molar-refractivity contribution in [3.63, 3.8) is 0 Å². The summed E-state index contributed by atoms with van der Waals surface area (Å²) in [6.45, 7) is 3.80. The second-order valence-corrected chi connectivity index (χ2v) is 4.70. The molecular formula is C13H21N3O3. The summed E-state index contributed by atoms with van der Waals surface area (Å²) in [5, 5.41) is 11.4. The van der Waals surface area contributed by atoms with Crippen molar-refractivity contribution in [3.05, 3.63) is 18.7 Å². The molecule has 0 radical (unpaired) electrons. The number of aromatic nitrogens is 2. The number of nitrogens with one attached hydrogen (secondary N) is 1. The summed E-state index contributed by atoms with van der Waals surface area (Å²) in [6, 6.07) is 0.0765. The molecule has 2 N–H and O–H groups in total. The average molecular weight is 267 g/mol. The third kappa shape index (κ3) is 5.11. The van der Waals surface area contributed by atoms with Crippen LogP contribution in [-0.2, 0) is 9.59 Å². The number of rotatable bonds is 8. The lowest BCUT2D eigenvalue weighted by Crippen LogP contribution is -2.32. The van der Waals surface area contributed by atoms with Crippen LogP contribution in [0.1, 0.15) is 39.2 Å². The maximum atomic E-state index is 11.8. The van der Waals surface area contributed by atoms with Crippen LogP contribution in [-0.4, -0.2) is 33.1 Å². The molecule has 2 atom stereocenters. The van der Waals surface area contributed by atoms with E-state index in [-0.39, 0.29) is 18.5 Å². The first-order chi connectivity index (χ1) is 9.04. The Balaban J connectivity index is 2.46. The molecule has 1 rings (SSSR count). The molecule has 0 aliphatic carbocycles. The van der Waals surface area contributed by atoms with Crippen LogP contribution in [0.15, 0.2) is 18.7 Å². The van der Waals surface area contributed by atoms with E-state index >= 15 is 0 Å². The number of imidazole rings is 1. The molecular weight excluding hydrogens is 246 g/mol. The van der Waals surface area contributed by atoms with Gasteiger partial charge in [0.25, 0.3) is 0 Å². The van der Waals surface area contributed by atoms with Gasteiger partial charge in [-0.2, -0.15) is 0 Å². The standard InChI is InChI=1S/C13H21N3O3/c1-3-4-11(16-6-5-14-9-16)7-12(17)15-8-10(2)13(18)19/h5-6,9-11H,3-4,7-8H2,1-2H3,(H,15,17)(H,18,19). The minimum Gasteiger partial charge on any atom is -0.481 e. The Bertz CT molecular complexity index is 403. The highest BCUT2D eigenvalue weighted by Crippen LogP contribution is 2.17. The minimum absolute atomic E-state index is 0.0765. The lowest BCUT2D eigenvalue weighted by atomic mass is 10.1. The Morgan fingerprint density at radius 2 is 2.21 bits per heavy atom. The van der Waals surface area contributed by atoms with Gasteiger partial charge in [-0.1, -0.05) is 20.3 Å². The molecule has 0 bridgehead atoms. The van der Waals surface area contributed by atoms with E-state index in [1.54, 1.807) is 19.4 Å². The van der Waals surface area contributed by atoms with Gasteiger partial charge >= 0.3 is 5.97 Å². The van der Waals surface area contributed by atoms with Gasteiger partial charge in [0.15, 0.2) is 0 Å². The lowest BCUT2D eigenvalue weighted by molar-refractivity contribution is -0.141. The third-order valence-corrected chi connectivity index (χ3v) is 3.02. The first-order valence-electron chi connectivity index (χ1n) is 6.51. The number of carboxylic acids is 1. The van der Waals surface area contributed by atoms with E-state index < -0.39 is 11.9 Å². The van der Waals surface area contributed by atoms with Gasteiger partial charge in [0.1, 0.15) is 0 Å². The summed E-state index contributed by atoms with van der Waals surface area (Å²) in [5.74, 6) is -1.60. The maximum absolute atomic E-state index is 11.8. The highest BCUT2D eigenvalue weighted by molar-refractivity contribution is 5.77. The Morgan fingerprint density at radius 3 is 2.74 bits per heavy atom. The van der Waals surface area contributed by atoms with Gasteiger partial charge < -0.3 is 15.0 Å². The van der Waals surface area contributed by atoms with Crippen LogP contribution in [0, 0.1) is 5.92 Å². The zero-order valence-electron chi connectivity index (χ0n) is 11.4. The summed E-state index contributed by atoms with van der Waals surface area (Å²) in [4.78, 5) is 26.5. The monoisotopic (exact) mass is 267 g/mol. The number of hydrogen-bond acceptors (Lipinski definition) is 3. The first kappa shape index (κ1) is 15.2. The molecule has 106 valence electrons. The second kappa shape index (κ2) is 7.56. The van der Waals surface area contributed by atoms with Gasteiger partial charge in [-0.05, 0) is 6.42 Å². The highest BCUT2D eigenvalue weighted by atomic mass is 16.4. The van der Waals surface area contributed by atoms with Crippen LogP contribution in [0.2, 0.25) is 0 Å². The number of carbonyl (C=O) groups is 2. The first-order valence-corrected chi connectivity index (χ1v) is 6.51. The molecule has 0 aromatic carbocycles. The summed E-state index contributed by atoms with van der Waals surface area (Å²) in [7, 11) is 0. The number of hydrogen-bond donors (Lipinski definition) is 2. The maximum Gasteiger partial charge on any atom is 0.308 e. The zero-order chi connectivity index (χ0) is 14.3. The van der Waals surface area contributed by atoms with Gasteiger partial charge in [-0.25, -0.2) is 4.98 Å². The van der Waals surface area contributed by atoms with Crippen LogP contribution < -0.4 is 5.32 Å². The van der Waals surface area contributed by atoms with Crippen LogP contribution in [0.5, 0.6) is 0 Å². The van der Waals surface area contributed by atoms with Crippen LogP contribution in [0.25, 0.3) is 0 Å². The van der Waals surface area contributed by atoms with Crippen molar-refractivity contribution in [1.82, 2.24) is 14.9 Å². The highest BCUT2D eigenvalue weighted by Gasteiger charge is 2.16. The fraction of sp³-hybridized carbons (Fsp3) is 0.615. The topological polar surface area (TPSA) is 84.2 Å². The molecule has 0 saturated carbocycles. The molecule has 2 unspecified atom stereocenters. The third-order valence-electron chi connectivity index (χ3n) is 3.02. The van der Waals surface area contributed by atoms with Gasteiger partial charge in [0.2, 0.25) is 5.91 Å². The average Bonchev–Trinajstić information content (AvgIpc) is 2.89. The smallest absolute Gasteiger partial charge is 0.308 e. The van der Waals surface area contributed by atoms with E-state index in [1.165, 1.54) is 0 Å². The lowest BCUT2D eigenvalue weighted by Gasteiger charge is -2.17. The molecule has 19 heavy (non-hydrogen) atoms. The summed E-state index contributed by atoms with van der Waals surface area (Å²) in [6.07, 6.45) is 7.44. The van der Waals surface area contributed by atoms with Crippen molar-refractivity contribution in [3.8, 4) is 0 Å². The number of carboxylic acid groups (broad SMARTS) is 1. The van der Waals surface area contributed by atoms with Crippen LogP contribution in [0.4, 0.5) is 0 Å².